The van der Waals surface area contributed by atoms with E-state index in [4.69, 9.17) is 5.11 Å². The van der Waals surface area contributed by atoms with Gasteiger partial charge in [-0.15, -0.1) is 0 Å². The Bertz CT molecular complexity index is 410. The molecule has 2 N–H and O–H groups in total. The molecule has 0 bridgehead atoms. The molecule has 0 radical (unpaired) electrons. The molecule has 0 aromatic heterocycles. The molecular weight excluding hydrogens is 204 g/mol. The van der Waals surface area contributed by atoms with Crippen LogP contribution in [0.25, 0.3) is 0 Å². The van der Waals surface area contributed by atoms with Crippen LogP contribution in [0.4, 0.5) is 0 Å². The number of aryl methyl sites for hydroxylation is 1. The molecular formula is C13H16O3. The Morgan fingerprint density at radius 1 is 1.25 bits per heavy atom. The lowest BCUT2D eigenvalue weighted by Crippen LogP contribution is -2.08. The molecule has 86 valence electrons. The number of fused-ring (bicyclic) bond motifs is 1. The minimum absolute atomic E-state index is 0.0873. The Balaban J connectivity index is 2.30. The summed E-state index contributed by atoms with van der Waals surface area (Å²) in [4.78, 5) is 10.6. The molecule has 0 spiro atoms. The van der Waals surface area contributed by atoms with Crippen molar-refractivity contribution in [2.24, 2.45) is 0 Å². The highest BCUT2D eigenvalue weighted by Crippen LogP contribution is 2.31. The first kappa shape index (κ1) is 11.0. The Morgan fingerprint density at radius 2 is 2.00 bits per heavy atom. The molecule has 1 aliphatic carbocycles. The van der Waals surface area contributed by atoms with E-state index in [1.807, 2.05) is 6.07 Å². The van der Waals surface area contributed by atoms with Crippen LogP contribution in [0.5, 0.6) is 5.75 Å². The number of phenolic OH excluding ortho intramolecular Hbond substituents is 1. The number of aromatic hydroxyl groups is 1. The molecule has 0 unspecified atom stereocenters. The maximum atomic E-state index is 10.6. The number of hydrogen-bond acceptors (Lipinski definition) is 2. The fourth-order valence-electron chi connectivity index (χ4n) is 2.40. The van der Waals surface area contributed by atoms with Gasteiger partial charge in [-0.05, 0) is 54.9 Å². The number of phenols is 1. The zero-order valence-corrected chi connectivity index (χ0v) is 9.20. The Morgan fingerprint density at radius 3 is 2.75 bits per heavy atom. The lowest BCUT2D eigenvalue weighted by atomic mass is 9.86. The van der Waals surface area contributed by atoms with E-state index in [-0.39, 0.29) is 12.2 Å². The third-order valence-electron chi connectivity index (χ3n) is 3.22. The van der Waals surface area contributed by atoms with Gasteiger partial charge in [-0.25, -0.2) is 0 Å². The highest BCUT2D eigenvalue weighted by molar-refractivity contribution is 5.67. The summed E-state index contributed by atoms with van der Waals surface area (Å²) in [6.07, 6.45) is 4.87. The number of rotatable bonds is 3. The van der Waals surface area contributed by atoms with Crippen LogP contribution in [-0.4, -0.2) is 16.2 Å². The van der Waals surface area contributed by atoms with Gasteiger partial charge in [-0.1, -0.05) is 6.07 Å². The molecule has 0 saturated carbocycles. The Kier molecular flexibility index (Phi) is 3.13. The van der Waals surface area contributed by atoms with Gasteiger partial charge in [0, 0.05) is 6.42 Å². The van der Waals surface area contributed by atoms with E-state index in [0.29, 0.717) is 6.42 Å². The standard InChI is InChI=1S/C13H16O3/c14-12-7-5-9-3-1-2-4-10(9)11(12)6-8-13(15)16/h5,7,14H,1-4,6,8H2,(H,15,16). The first-order chi connectivity index (χ1) is 7.68. The molecule has 1 aliphatic rings. The van der Waals surface area contributed by atoms with Gasteiger partial charge in [0.2, 0.25) is 0 Å². The van der Waals surface area contributed by atoms with E-state index in [0.717, 1.165) is 24.8 Å². The van der Waals surface area contributed by atoms with Gasteiger partial charge in [0.15, 0.2) is 0 Å². The van der Waals surface area contributed by atoms with E-state index in [2.05, 4.69) is 0 Å². The summed E-state index contributed by atoms with van der Waals surface area (Å²) in [6.45, 7) is 0. The third-order valence-corrected chi connectivity index (χ3v) is 3.22. The summed E-state index contributed by atoms with van der Waals surface area (Å²) in [5, 5.41) is 18.5. The smallest absolute Gasteiger partial charge is 0.303 e. The van der Waals surface area contributed by atoms with Gasteiger partial charge in [-0.3, -0.25) is 4.79 Å². The molecule has 3 nitrogen and oxygen atoms in total. The molecule has 1 aromatic rings. The molecule has 0 atom stereocenters. The van der Waals surface area contributed by atoms with Crippen LogP contribution in [0.1, 0.15) is 36.0 Å². The molecule has 0 heterocycles. The summed E-state index contributed by atoms with van der Waals surface area (Å²) < 4.78 is 0. The molecule has 2 rings (SSSR count). The van der Waals surface area contributed by atoms with Crippen LogP contribution < -0.4 is 0 Å². The van der Waals surface area contributed by atoms with Gasteiger partial charge in [-0.2, -0.15) is 0 Å². The second-order valence-corrected chi connectivity index (χ2v) is 4.30. The number of carboxylic acid groups (broad SMARTS) is 1. The molecule has 1 aromatic carbocycles. The third kappa shape index (κ3) is 2.18. The average Bonchev–Trinajstić information content (AvgIpc) is 2.27. The first-order valence-corrected chi connectivity index (χ1v) is 5.73. The highest BCUT2D eigenvalue weighted by Gasteiger charge is 2.16. The summed E-state index contributed by atoms with van der Waals surface area (Å²) in [7, 11) is 0. The van der Waals surface area contributed by atoms with E-state index in [1.54, 1.807) is 6.07 Å². The number of aliphatic carboxylic acids is 1. The van der Waals surface area contributed by atoms with Gasteiger partial charge < -0.3 is 10.2 Å². The zero-order chi connectivity index (χ0) is 11.5. The van der Waals surface area contributed by atoms with Crippen LogP contribution >= 0.6 is 0 Å². The van der Waals surface area contributed by atoms with Gasteiger partial charge in [0.05, 0.1) is 0 Å². The predicted octanol–water partition coefficient (Wildman–Crippen LogP) is 2.29. The van der Waals surface area contributed by atoms with Gasteiger partial charge >= 0.3 is 5.97 Å². The first-order valence-electron chi connectivity index (χ1n) is 5.73. The average molecular weight is 220 g/mol. The summed E-state index contributed by atoms with van der Waals surface area (Å²) in [5.41, 5.74) is 3.32. The van der Waals surface area contributed by atoms with E-state index in [1.165, 1.54) is 17.5 Å². The van der Waals surface area contributed by atoms with E-state index >= 15 is 0 Å². The lowest BCUT2D eigenvalue weighted by molar-refractivity contribution is -0.136. The predicted molar refractivity (Wildman–Crippen MR) is 60.7 cm³/mol. The van der Waals surface area contributed by atoms with Crippen LogP contribution in [0.2, 0.25) is 0 Å². The SMILES string of the molecule is O=C(O)CCc1c(O)ccc2c1CCCC2. The van der Waals surface area contributed by atoms with Gasteiger partial charge in [0.1, 0.15) is 5.75 Å². The van der Waals surface area contributed by atoms with E-state index in [9.17, 15) is 9.90 Å². The van der Waals surface area contributed by atoms with Crippen molar-refractivity contribution < 1.29 is 15.0 Å². The largest absolute Gasteiger partial charge is 0.508 e. The fourth-order valence-corrected chi connectivity index (χ4v) is 2.40. The highest BCUT2D eigenvalue weighted by atomic mass is 16.4. The summed E-state index contributed by atoms with van der Waals surface area (Å²) in [6, 6.07) is 3.66. The monoisotopic (exact) mass is 220 g/mol. The van der Waals surface area contributed by atoms with Crippen LogP contribution in [0.3, 0.4) is 0 Å². The van der Waals surface area contributed by atoms with Crippen LogP contribution in [-0.2, 0) is 24.1 Å². The quantitative estimate of drug-likeness (QED) is 0.821. The maximum absolute atomic E-state index is 10.6. The Labute approximate surface area is 94.7 Å². The van der Waals surface area contributed by atoms with E-state index < -0.39 is 5.97 Å². The van der Waals surface area contributed by atoms with Crippen molar-refractivity contribution in [2.45, 2.75) is 38.5 Å². The molecule has 16 heavy (non-hydrogen) atoms. The fraction of sp³-hybridized carbons (Fsp3) is 0.462. The lowest BCUT2D eigenvalue weighted by Gasteiger charge is -2.20. The summed E-state index contributed by atoms with van der Waals surface area (Å²) >= 11 is 0. The minimum Gasteiger partial charge on any atom is -0.508 e. The molecule has 0 amide bonds. The van der Waals surface area contributed by atoms with Crippen molar-refractivity contribution in [3.8, 4) is 5.75 Å². The minimum atomic E-state index is -0.812. The van der Waals surface area contributed by atoms with Crippen molar-refractivity contribution in [1.29, 1.82) is 0 Å². The van der Waals surface area contributed by atoms with Crippen molar-refractivity contribution in [3.05, 3.63) is 28.8 Å². The van der Waals surface area contributed by atoms with Crippen LogP contribution in [0, 0.1) is 0 Å². The van der Waals surface area contributed by atoms with Crippen molar-refractivity contribution in [3.63, 3.8) is 0 Å². The summed E-state index contributed by atoms with van der Waals surface area (Å²) in [5.74, 6) is -0.560. The number of carboxylic acids is 1. The van der Waals surface area contributed by atoms with Crippen molar-refractivity contribution in [2.75, 3.05) is 0 Å². The van der Waals surface area contributed by atoms with Crippen LogP contribution in [0.15, 0.2) is 12.1 Å². The molecule has 3 heteroatoms. The molecule has 0 saturated heterocycles. The number of benzene rings is 1. The van der Waals surface area contributed by atoms with Gasteiger partial charge in [0.25, 0.3) is 0 Å². The topological polar surface area (TPSA) is 57.5 Å². The number of carbonyl (C=O) groups is 1. The number of hydrogen-bond donors (Lipinski definition) is 2. The van der Waals surface area contributed by atoms with Crippen molar-refractivity contribution >= 4 is 5.97 Å². The zero-order valence-electron chi connectivity index (χ0n) is 9.20. The second-order valence-electron chi connectivity index (χ2n) is 4.30. The molecule has 0 aliphatic heterocycles. The second kappa shape index (κ2) is 4.56. The van der Waals surface area contributed by atoms with Crippen molar-refractivity contribution in [1.82, 2.24) is 0 Å². The Hall–Kier alpha value is -1.51. The molecule has 0 fully saturated rings. The maximum Gasteiger partial charge on any atom is 0.303 e. The normalized spacial score (nSPS) is 14.5.